The quantitative estimate of drug-likeness (QED) is 0.619. The van der Waals surface area contributed by atoms with E-state index in [0.717, 1.165) is 12.1 Å². The summed E-state index contributed by atoms with van der Waals surface area (Å²) >= 11 is 0. The van der Waals surface area contributed by atoms with Gasteiger partial charge in [0.15, 0.2) is 0 Å². The molecule has 0 spiro atoms. The second-order valence-electron chi connectivity index (χ2n) is 5.79. The van der Waals surface area contributed by atoms with Gasteiger partial charge in [-0.25, -0.2) is 0 Å². The van der Waals surface area contributed by atoms with Gasteiger partial charge in [-0.1, -0.05) is 24.3 Å². The molecule has 0 fully saturated rings. The first-order valence-electron chi connectivity index (χ1n) is 8.11. The van der Waals surface area contributed by atoms with Crippen molar-refractivity contribution in [1.82, 2.24) is 5.32 Å². The normalized spacial score (nSPS) is 11.7. The fraction of sp³-hybridized carbons (Fsp3) is 0.222. The Labute approximate surface area is 161 Å². The molecule has 2 aromatic carbocycles. The number of nitrogens with one attached hydrogen (secondary N) is 3. The van der Waals surface area contributed by atoms with E-state index in [4.69, 9.17) is 0 Å². The Balaban J connectivity index is 2.04. The van der Waals surface area contributed by atoms with Gasteiger partial charge in [-0.2, -0.15) is 26.3 Å². The number of anilines is 2. The highest BCUT2D eigenvalue weighted by atomic mass is 19.4. The van der Waals surface area contributed by atoms with E-state index in [0.29, 0.717) is 0 Å². The van der Waals surface area contributed by atoms with Gasteiger partial charge in [-0.3, -0.25) is 9.59 Å². The fourth-order valence-corrected chi connectivity index (χ4v) is 2.32. The third kappa shape index (κ3) is 6.70. The van der Waals surface area contributed by atoms with E-state index in [1.807, 2.05) is 0 Å². The molecule has 0 aromatic heterocycles. The van der Waals surface area contributed by atoms with Crippen LogP contribution in [-0.4, -0.2) is 31.1 Å². The summed E-state index contributed by atoms with van der Waals surface area (Å²) in [7, 11) is 0. The van der Waals surface area contributed by atoms with Gasteiger partial charge in [0.2, 0.25) is 5.91 Å². The number of para-hydroxylation sites is 2. The van der Waals surface area contributed by atoms with E-state index in [1.54, 1.807) is 5.32 Å². The van der Waals surface area contributed by atoms with Crippen molar-refractivity contribution >= 4 is 23.2 Å². The Morgan fingerprint density at radius 1 is 0.828 bits per heavy atom. The molecule has 11 heteroatoms. The van der Waals surface area contributed by atoms with E-state index in [-0.39, 0.29) is 11.3 Å². The van der Waals surface area contributed by atoms with Gasteiger partial charge < -0.3 is 16.0 Å². The highest BCUT2D eigenvalue weighted by Gasteiger charge is 2.33. The molecular formula is C18H15F6N3O2. The van der Waals surface area contributed by atoms with Crippen LogP contribution in [0.4, 0.5) is 37.7 Å². The van der Waals surface area contributed by atoms with Crippen LogP contribution in [0.1, 0.15) is 15.9 Å². The molecule has 0 heterocycles. The first-order valence-corrected chi connectivity index (χ1v) is 8.11. The van der Waals surface area contributed by atoms with E-state index in [1.165, 1.54) is 36.4 Å². The third-order valence-electron chi connectivity index (χ3n) is 3.57. The van der Waals surface area contributed by atoms with Crippen LogP contribution in [0.2, 0.25) is 0 Å². The van der Waals surface area contributed by atoms with Crippen molar-refractivity contribution in [3.8, 4) is 0 Å². The number of halogens is 6. The number of carbonyl (C=O) groups is 2. The number of hydrogen-bond acceptors (Lipinski definition) is 3. The van der Waals surface area contributed by atoms with Gasteiger partial charge in [0.1, 0.15) is 6.54 Å². The van der Waals surface area contributed by atoms with Gasteiger partial charge in [0.05, 0.1) is 23.4 Å². The number of benzene rings is 2. The second-order valence-corrected chi connectivity index (χ2v) is 5.79. The van der Waals surface area contributed by atoms with E-state index >= 15 is 0 Å². The molecule has 0 aliphatic rings. The average Bonchev–Trinajstić information content (AvgIpc) is 2.63. The first kappa shape index (κ1) is 22.1. The van der Waals surface area contributed by atoms with Gasteiger partial charge in [0.25, 0.3) is 5.91 Å². The van der Waals surface area contributed by atoms with Crippen LogP contribution in [0, 0.1) is 0 Å². The molecule has 156 valence electrons. The molecule has 0 aliphatic carbocycles. The van der Waals surface area contributed by atoms with Crippen molar-refractivity contribution in [3.05, 3.63) is 59.7 Å². The van der Waals surface area contributed by atoms with Gasteiger partial charge >= 0.3 is 12.4 Å². The fourth-order valence-electron chi connectivity index (χ4n) is 2.32. The number of amides is 2. The summed E-state index contributed by atoms with van der Waals surface area (Å²) in [6, 6.07) is 9.85. The Bertz CT molecular complexity index is 880. The smallest absolute Gasteiger partial charge is 0.376 e. The van der Waals surface area contributed by atoms with E-state index in [2.05, 4.69) is 10.6 Å². The Morgan fingerprint density at radius 2 is 1.41 bits per heavy atom. The Morgan fingerprint density at radius 3 is 2.03 bits per heavy atom. The van der Waals surface area contributed by atoms with Crippen LogP contribution in [0.15, 0.2) is 48.5 Å². The highest BCUT2D eigenvalue weighted by Crippen LogP contribution is 2.34. The Hall–Kier alpha value is -3.24. The minimum absolute atomic E-state index is 0.0476. The topological polar surface area (TPSA) is 70.2 Å². The maximum absolute atomic E-state index is 13.0. The molecule has 0 aliphatic heterocycles. The van der Waals surface area contributed by atoms with E-state index in [9.17, 15) is 35.9 Å². The summed E-state index contributed by atoms with van der Waals surface area (Å²) in [6.45, 7) is -2.05. The lowest BCUT2D eigenvalue weighted by Gasteiger charge is -2.15. The van der Waals surface area contributed by atoms with Crippen molar-refractivity contribution in [2.24, 2.45) is 0 Å². The zero-order chi connectivity index (χ0) is 21.7. The minimum atomic E-state index is -4.67. The van der Waals surface area contributed by atoms with Crippen molar-refractivity contribution < 1.29 is 35.9 Å². The molecule has 5 nitrogen and oxygen atoms in total. The number of rotatable bonds is 6. The molecular weight excluding hydrogens is 404 g/mol. The predicted molar refractivity (Wildman–Crippen MR) is 93.4 cm³/mol. The van der Waals surface area contributed by atoms with Gasteiger partial charge in [-0.05, 0) is 24.3 Å². The van der Waals surface area contributed by atoms with Crippen LogP contribution in [0.5, 0.6) is 0 Å². The van der Waals surface area contributed by atoms with Crippen molar-refractivity contribution in [1.29, 1.82) is 0 Å². The summed E-state index contributed by atoms with van der Waals surface area (Å²) in [5, 5.41) is 6.35. The standard InChI is InChI=1S/C18H15F6N3O2/c19-17(20,21)10-26-16(29)11-5-1-3-7-13(11)25-9-15(28)27-14-8-4-2-6-12(14)18(22,23)24/h1-8,25H,9-10H2,(H,26,29)(H,27,28). The molecule has 2 rings (SSSR count). The lowest BCUT2D eigenvalue weighted by Crippen LogP contribution is -2.34. The molecule has 3 N–H and O–H groups in total. The van der Waals surface area contributed by atoms with Crippen LogP contribution in [-0.2, 0) is 11.0 Å². The zero-order valence-corrected chi connectivity index (χ0v) is 14.6. The highest BCUT2D eigenvalue weighted by molar-refractivity contribution is 6.01. The van der Waals surface area contributed by atoms with Crippen LogP contribution in [0.3, 0.4) is 0 Å². The van der Waals surface area contributed by atoms with Crippen LogP contribution >= 0.6 is 0 Å². The lowest BCUT2D eigenvalue weighted by atomic mass is 10.1. The molecule has 29 heavy (non-hydrogen) atoms. The van der Waals surface area contributed by atoms with Crippen LogP contribution < -0.4 is 16.0 Å². The largest absolute Gasteiger partial charge is 0.418 e. The molecule has 0 saturated heterocycles. The van der Waals surface area contributed by atoms with Crippen molar-refractivity contribution in [2.45, 2.75) is 12.4 Å². The maximum atomic E-state index is 13.0. The molecule has 0 saturated carbocycles. The SMILES string of the molecule is O=C(CNc1ccccc1C(=O)NCC(F)(F)F)Nc1ccccc1C(F)(F)F. The second kappa shape index (κ2) is 8.84. The zero-order valence-electron chi connectivity index (χ0n) is 14.6. The summed E-state index contributed by atoms with van der Waals surface area (Å²) in [4.78, 5) is 23.9. The summed E-state index contributed by atoms with van der Waals surface area (Å²) in [5.74, 6) is -1.86. The molecule has 0 radical (unpaired) electrons. The Kier molecular flexibility index (Phi) is 6.72. The van der Waals surface area contributed by atoms with Crippen LogP contribution in [0.25, 0.3) is 0 Å². The van der Waals surface area contributed by atoms with Crippen molar-refractivity contribution in [2.75, 3.05) is 23.7 Å². The molecule has 0 unspecified atom stereocenters. The number of alkyl halides is 6. The summed E-state index contributed by atoms with van der Waals surface area (Å²) in [6.07, 6.45) is -9.26. The minimum Gasteiger partial charge on any atom is -0.376 e. The third-order valence-corrected chi connectivity index (χ3v) is 3.57. The van der Waals surface area contributed by atoms with Gasteiger partial charge in [0, 0.05) is 5.69 Å². The maximum Gasteiger partial charge on any atom is 0.418 e. The summed E-state index contributed by atoms with van der Waals surface area (Å²) < 4.78 is 75.6. The lowest BCUT2D eigenvalue weighted by molar-refractivity contribution is -0.137. The number of carbonyl (C=O) groups excluding carboxylic acids is 2. The molecule has 0 bridgehead atoms. The first-order chi connectivity index (χ1) is 13.5. The number of hydrogen-bond donors (Lipinski definition) is 3. The monoisotopic (exact) mass is 419 g/mol. The molecule has 2 aromatic rings. The van der Waals surface area contributed by atoms with Crippen molar-refractivity contribution in [3.63, 3.8) is 0 Å². The molecule has 2 amide bonds. The van der Waals surface area contributed by atoms with Gasteiger partial charge in [-0.15, -0.1) is 0 Å². The average molecular weight is 419 g/mol. The predicted octanol–water partition coefficient (Wildman–Crippen LogP) is 4.05. The van der Waals surface area contributed by atoms with E-state index < -0.39 is 48.5 Å². The molecule has 0 atom stereocenters. The summed E-state index contributed by atoms with van der Waals surface area (Å²) in [5.41, 5.74) is -1.57.